The molecule has 1 aliphatic heterocycles. The molecule has 4 aromatic rings. The van der Waals surface area contributed by atoms with Gasteiger partial charge in [0.2, 0.25) is 0 Å². The fraction of sp³-hybridized carbons (Fsp3) is 0.345. The van der Waals surface area contributed by atoms with Crippen LogP contribution in [-0.2, 0) is 0 Å². The Hall–Kier alpha value is -3.11. The first-order valence-corrected chi connectivity index (χ1v) is 12.4. The van der Waals surface area contributed by atoms with Crippen molar-refractivity contribution in [2.45, 2.75) is 32.2 Å². The van der Waals surface area contributed by atoms with E-state index in [4.69, 9.17) is 4.98 Å². The van der Waals surface area contributed by atoms with Gasteiger partial charge in [-0.15, -0.1) is 0 Å². The molecule has 1 aliphatic rings. The number of imidazole rings is 1. The molecule has 170 valence electrons. The maximum absolute atomic E-state index is 4.78. The molecule has 0 bridgehead atoms. The standard InChI is InChI=1S/C29H34N4/c1-2-3-17-31-18-10-19-32(21-20-31)26-15-16-27-28(22-26)33(23-30-27)29(24-11-6-4-7-12-24)25-13-8-5-9-14-25/h4-9,11-16,22-23,29H,2-3,10,17-21H2,1H3. The average Bonchev–Trinajstić information content (AvgIpc) is 3.13. The van der Waals surface area contributed by atoms with Crippen molar-refractivity contribution in [1.29, 1.82) is 0 Å². The summed E-state index contributed by atoms with van der Waals surface area (Å²) in [5.74, 6) is 0. The van der Waals surface area contributed by atoms with Crippen LogP contribution in [0.4, 0.5) is 5.69 Å². The SMILES string of the molecule is CCCCN1CCCN(c2ccc3ncn(C(c4ccccc4)c4ccccc4)c3c2)CC1. The topological polar surface area (TPSA) is 24.3 Å². The number of unbranched alkanes of at least 4 members (excludes halogenated alkanes) is 1. The Kier molecular flexibility index (Phi) is 6.73. The van der Waals surface area contributed by atoms with Crippen molar-refractivity contribution in [2.75, 3.05) is 37.6 Å². The molecule has 1 fully saturated rings. The van der Waals surface area contributed by atoms with Crippen LogP contribution in [0.15, 0.2) is 85.2 Å². The number of benzene rings is 3. The highest BCUT2D eigenvalue weighted by Gasteiger charge is 2.20. The van der Waals surface area contributed by atoms with Crippen molar-refractivity contribution in [2.24, 2.45) is 0 Å². The van der Waals surface area contributed by atoms with Gasteiger partial charge in [0.05, 0.1) is 23.4 Å². The van der Waals surface area contributed by atoms with Crippen LogP contribution in [0.1, 0.15) is 43.4 Å². The first kappa shape index (κ1) is 21.7. The highest BCUT2D eigenvalue weighted by molar-refractivity contribution is 5.80. The first-order chi connectivity index (χ1) is 16.3. The van der Waals surface area contributed by atoms with Crippen LogP contribution >= 0.6 is 0 Å². The Balaban J connectivity index is 1.49. The Morgan fingerprint density at radius 2 is 1.55 bits per heavy atom. The average molecular weight is 439 g/mol. The smallest absolute Gasteiger partial charge is 0.0966 e. The zero-order chi connectivity index (χ0) is 22.5. The summed E-state index contributed by atoms with van der Waals surface area (Å²) < 4.78 is 2.34. The molecule has 0 aliphatic carbocycles. The van der Waals surface area contributed by atoms with E-state index in [1.807, 2.05) is 6.33 Å². The number of rotatable bonds is 7. The fourth-order valence-electron chi connectivity index (χ4n) is 5.04. The second kappa shape index (κ2) is 10.2. The summed E-state index contributed by atoms with van der Waals surface area (Å²) in [7, 11) is 0. The van der Waals surface area contributed by atoms with Gasteiger partial charge in [-0.1, -0.05) is 74.0 Å². The number of hydrogen-bond acceptors (Lipinski definition) is 3. The molecule has 33 heavy (non-hydrogen) atoms. The summed E-state index contributed by atoms with van der Waals surface area (Å²) in [5, 5.41) is 0. The van der Waals surface area contributed by atoms with Crippen LogP contribution in [0.25, 0.3) is 11.0 Å². The van der Waals surface area contributed by atoms with Gasteiger partial charge in [-0.2, -0.15) is 0 Å². The van der Waals surface area contributed by atoms with Gasteiger partial charge in [-0.25, -0.2) is 4.98 Å². The van der Waals surface area contributed by atoms with Crippen molar-refractivity contribution in [3.8, 4) is 0 Å². The molecular formula is C29H34N4. The normalized spacial score (nSPS) is 15.3. The molecule has 5 rings (SSSR count). The van der Waals surface area contributed by atoms with Gasteiger partial charge in [0.15, 0.2) is 0 Å². The molecule has 0 atom stereocenters. The van der Waals surface area contributed by atoms with E-state index in [1.54, 1.807) is 0 Å². The minimum absolute atomic E-state index is 0.0984. The number of hydrogen-bond donors (Lipinski definition) is 0. The van der Waals surface area contributed by atoms with Gasteiger partial charge in [-0.3, -0.25) is 0 Å². The lowest BCUT2D eigenvalue weighted by Crippen LogP contribution is -2.31. The molecule has 3 aromatic carbocycles. The molecule has 4 nitrogen and oxygen atoms in total. The van der Waals surface area contributed by atoms with E-state index in [0.717, 1.165) is 25.2 Å². The van der Waals surface area contributed by atoms with E-state index >= 15 is 0 Å². The number of aromatic nitrogens is 2. The summed E-state index contributed by atoms with van der Waals surface area (Å²) in [6.07, 6.45) is 5.79. The van der Waals surface area contributed by atoms with Gasteiger partial charge in [0.25, 0.3) is 0 Å². The minimum atomic E-state index is 0.0984. The second-order valence-electron chi connectivity index (χ2n) is 9.08. The summed E-state index contributed by atoms with van der Waals surface area (Å²) in [4.78, 5) is 9.97. The third-order valence-electron chi connectivity index (χ3n) is 6.85. The predicted octanol–water partition coefficient (Wildman–Crippen LogP) is 5.99. The van der Waals surface area contributed by atoms with E-state index in [0.29, 0.717) is 0 Å². The Labute approximate surface area is 197 Å². The van der Waals surface area contributed by atoms with Gasteiger partial charge >= 0.3 is 0 Å². The number of anilines is 1. The van der Waals surface area contributed by atoms with Crippen LogP contribution < -0.4 is 4.90 Å². The van der Waals surface area contributed by atoms with Crippen molar-refractivity contribution in [1.82, 2.24) is 14.5 Å². The monoisotopic (exact) mass is 438 g/mol. The lowest BCUT2D eigenvalue weighted by atomic mass is 9.98. The zero-order valence-electron chi connectivity index (χ0n) is 19.6. The third-order valence-corrected chi connectivity index (χ3v) is 6.85. The molecule has 0 radical (unpaired) electrons. The molecule has 0 spiro atoms. The highest BCUT2D eigenvalue weighted by Crippen LogP contribution is 2.31. The minimum Gasteiger partial charge on any atom is -0.370 e. The third kappa shape index (κ3) is 4.81. The zero-order valence-corrected chi connectivity index (χ0v) is 19.6. The van der Waals surface area contributed by atoms with Gasteiger partial charge in [0, 0.05) is 25.3 Å². The van der Waals surface area contributed by atoms with Gasteiger partial charge in [0.1, 0.15) is 0 Å². The maximum Gasteiger partial charge on any atom is 0.0966 e. The van der Waals surface area contributed by atoms with Crippen LogP contribution in [-0.4, -0.2) is 47.2 Å². The summed E-state index contributed by atoms with van der Waals surface area (Å²) >= 11 is 0. The fourth-order valence-corrected chi connectivity index (χ4v) is 5.04. The lowest BCUT2D eigenvalue weighted by Gasteiger charge is -2.25. The predicted molar refractivity (Wildman–Crippen MR) is 138 cm³/mol. The van der Waals surface area contributed by atoms with Gasteiger partial charge < -0.3 is 14.4 Å². The van der Waals surface area contributed by atoms with Crippen molar-refractivity contribution < 1.29 is 0 Å². The number of nitrogens with zero attached hydrogens (tertiary/aromatic N) is 4. The molecule has 2 heterocycles. The molecular weight excluding hydrogens is 404 g/mol. The van der Waals surface area contributed by atoms with Gasteiger partial charge in [-0.05, 0) is 55.3 Å². The van der Waals surface area contributed by atoms with E-state index in [2.05, 4.69) is 100 Å². The Morgan fingerprint density at radius 3 is 2.24 bits per heavy atom. The molecule has 4 heteroatoms. The summed E-state index contributed by atoms with van der Waals surface area (Å²) in [6.45, 7) is 8.06. The van der Waals surface area contributed by atoms with E-state index in [-0.39, 0.29) is 6.04 Å². The van der Waals surface area contributed by atoms with Crippen LogP contribution in [0.5, 0.6) is 0 Å². The van der Waals surface area contributed by atoms with Crippen LogP contribution in [0.2, 0.25) is 0 Å². The lowest BCUT2D eigenvalue weighted by molar-refractivity contribution is 0.289. The van der Waals surface area contributed by atoms with E-state index in [1.165, 1.54) is 54.7 Å². The van der Waals surface area contributed by atoms with Crippen molar-refractivity contribution in [3.63, 3.8) is 0 Å². The van der Waals surface area contributed by atoms with Crippen LogP contribution in [0, 0.1) is 0 Å². The molecule has 0 amide bonds. The van der Waals surface area contributed by atoms with E-state index in [9.17, 15) is 0 Å². The largest absolute Gasteiger partial charge is 0.370 e. The molecule has 1 aromatic heterocycles. The highest BCUT2D eigenvalue weighted by atomic mass is 15.2. The summed E-state index contributed by atoms with van der Waals surface area (Å²) in [6, 6.07) is 28.4. The van der Waals surface area contributed by atoms with E-state index < -0.39 is 0 Å². The molecule has 0 N–H and O–H groups in total. The first-order valence-electron chi connectivity index (χ1n) is 12.4. The molecule has 0 unspecified atom stereocenters. The van der Waals surface area contributed by atoms with Crippen molar-refractivity contribution >= 4 is 16.7 Å². The Morgan fingerprint density at radius 1 is 0.818 bits per heavy atom. The van der Waals surface area contributed by atoms with Crippen molar-refractivity contribution in [3.05, 3.63) is 96.3 Å². The van der Waals surface area contributed by atoms with Crippen LogP contribution in [0.3, 0.4) is 0 Å². The summed E-state index contributed by atoms with van der Waals surface area (Å²) in [5.41, 5.74) is 6.10. The maximum atomic E-state index is 4.78. The molecule has 1 saturated heterocycles. The quantitative estimate of drug-likeness (QED) is 0.354. The number of fused-ring (bicyclic) bond motifs is 1. The molecule has 0 saturated carbocycles. The second-order valence-corrected chi connectivity index (χ2v) is 9.08. The Bertz CT molecular complexity index is 1110.